The van der Waals surface area contributed by atoms with Gasteiger partial charge in [0.1, 0.15) is 47.5 Å². The summed E-state index contributed by atoms with van der Waals surface area (Å²) in [7, 11) is 0. The molecule has 0 amide bonds. The number of alkyl halides is 4. The molecule has 4 rings (SSSR count). The third-order valence-corrected chi connectivity index (χ3v) is 9.40. The van der Waals surface area contributed by atoms with Crippen LogP contribution in [0.1, 0.15) is 73.1 Å². The van der Waals surface area contributed by atoms with Gasteiger partial charge in [0.2, 0.25) is 6.79 Å². The summed E-state index contributed by atoms with van der Waals surface area (Å²) >= 11 is 0. The van der Waals surface area contributed by atoms with E-state index in [1.165, 1.54) is 76.6 Å². The Bertz CT molecular complexity index is 3050. The molecule has 17 heteroatoms. The van der Waals surface area contributed by atoms with Gasteiger partial charge in [-0.05, 0) is 113 Å². The van der Waals surface area contributed by atoms with Crippen LogP contribution in [-0.4, -0.2) is 49.5 Å². The zero-order valence-corrected chi connectivity index (χ0v) is 40.6. The lowest BCUT2D eigenvalue weighted by atomic mass is 9.96. The van der Waals surface area contributed by atoms with Crippen LogP contribution < -0.4 is 23.7 Å². The highest BCUT2D eigenvalue weighted by Crippen LogP contribution is 2.37. The monoisotopic (exact) mass is 1020 g/mol. The minimum atomic E-state index is -4.98. The van der Waals surface area contributed by atoms with E-state index in [0.29, 0.717) is 22.4 Å². The molecule has 0 aliphatic heterocycles. The normalized spacial score (nSPS) is 10.6. The van der Waals surface area contributed by atoms with Crippen molar-refractivity contribution in [3.8, 4) is 52.4 Å². The fourth-order valence-corrected chi connectivity index (χ4v) is 5.47. The molecular formula is C57H48F4O13. The lowest BCUT2D eigenvalue weighted by Crippen LogP contribution is -2.22. The lowest BCUT2D eigenvalue weighted by Gasteiger charge is -2.17. The van der Waals surface area contributed by atoms with E-state index in [2.05, 4.69) is 61.3 Å². The number of rotatable bonds is 21. The number of benzene rings is 4. The first-order valence-electron chi connectivity index (χ1n) is 21.9. The number of carbonyl (C=O) groups excluding carboxylic acids is 5. The maximum Gasteiger partial charge on any atom is 0.422 e. The Morgan fingerprint density at radius 1 is 0.622 bits per heavy atom. The molecule has 0 aromatic heterocycles. The van der Waals surface area contributed by atoms with Crippen molar-refractivity contribution in [1.29, 1.82) is 0 Å². The second-order valence-electron chi connectivity index (χ2n) is 15.7. The molecule has 0 radical (unpaired) electrons. The van der Waals surface area contributed by atoms with Crippen LogP contribution in [0, 0.1) is 23.7 Å². The van der Waals surface area contributed by atoms with E-state index < -0.39 is 55.1 Å². The van der Waals surface area contributed by atoms with E-state index in [9.17, 15) is 41.5 Å². The van der Waals surface area contributed by atoms with E-state index in [1.807, 2.05) is 0 Å². The summed E-state index contributed by atoms with van der Waals surface area (Å²) in [5.74, 6) is 7.14. The number of halogens is 4. The van der Waals surface area contributed by atoms with Crippen molar-refractivity contribution >= 4 is 35.9 Å². The van der Waals surface area contributed by atoms with E-state index >= 15 is 0 Å². The molecule has 13 nitrogen and oxygen atoms in total. The van der Waals surface area contributed by atoms with Crippen molar-refractivity contribution in [2.24, 2.45) is 0 Å². The summed E-state index contributed by atoms with van der Waals surface area (Å²) in [6.07, 6.45) is 0.184. The molecule has 0 atom stereocenters. The van der Waals surface area contributed by atoms with Crippen LogP contribution in [0.5, 0.6) is 28.7 Å². The second kappa shape index (κ2) is 27.3. The Balaban J connectivity index is 1.71. The fourth-order valence-electron chi connectivity index (χ4n) is 5.47. The minimum Gasteiger partial charge on any atom is -0.496 e. The summed E-state index contributed by atoms with van der Waals surface area (Å²) in [4.78, 5) is 62.2. The van der Waals surface area contributed by atoms with Gasteiger partial charge in [-0.1, -0.05) is 68.7 Å². The summed E-state index contributed by atoms with van der Waals surface area (Å²) in [6, 6.07) is 18.6. The van der Waals surface area contributed by atoms with Crippen molar-refractivity contribution in [3.63, 3.8) is 0 Å². The molecule has 0 fully saturated rings. The van der Waals surface area contributed by atoms with E-state index in [0.717, 1.165) is 11.8 Å². The van der Waals surface area contributed by atoms with Crippen LogP contribution in [0.2, 0.25) is 0 Å². The third-order valence-electron chi connectivity index (χ3n) is 9.40. The van der Waals surface area contributed by atoms with Gasteiger partial charge >= 0.3 is 36.0 Å². The zero-order valence-electron chi connectivity index (χ0n) is 40.6. The van der Waals surface area contributed by atoms with E-state index in [1.54, 1.807) is 42.5 Å². The molecule has 0 saturated heterocycles. The minimum absolute atomic E-state index is 0.00507. The molecule has 0 N–H and O–H groups in total. The molecule has 0 bridgehead atoms. The van der Waals surface area contributed by atoms with Gasteiger partial charge in [-0.3, -0.25) is 4.39 Å². The Morgan fingerprint density at radius 2 is 1.20 bits per heavy atom. The second-order valence-corrected chi connectivity index (χ2v) is 15.7. The summed E-state index contributed by atoms with van der Waals surface area (Å²) < 4.78 is 95.2. The lowest BCUT2D eigenvalue weighted by molar-refractivity contribution is -0.156. The smallest absolute Gasteiger partial charge is 0.422 e. The third kappa shape index (κ3) is 17.8. The Hall–Kier alpha value is -9.35. The molecule has 4 aromatic carbocycles. The van der Waals surface area contributed by atoms with Gasteiger partial charge in [-0.15, -0.1) is 0 Å². The van der Waals surface area contributed by atoms with Gasteiger partial charge in [-0.25, -0.2) is 24.0 Å². The van der Waals surface area contributed by atoms with Crippen molar-refractivity contribution in [2.75, 3.05) is 13.5 Å². The molecule has 0 spiro atoms. The Morgan fingerprint density at radius 3 is 1.81 bits per heavy atom. The molecular weight excluding hydrogens is 969 g/mol. The standard InChI is InChI=1S/C57H48F4O13/c1-35(2)52(62)69-30-29-68-45-23-16-42(17-24-45)33-67-28-26-43-19-12-41(31-49(43)72-53(63)36(3)4)13-20-44-32-50(73-54(64)37(5)6)48(51(47(44)11-10-27-58)74-55(65)38(7)8)25-18-40-14-21-46(22-15-40)70-34-71-56(66)39(9)57(59,60)61/h12,14-17,19,21-24,26,28-32H,1,3,5,7,9-11,27,33-34H2,2,4,6,8H3/b28-26+,30-29+. The topological polar surface area (TPSA) is 159 Å². The summed E-state index contributed by atoms with van der Waals surface area (Å²) in [5, 5.41) is 0. The number of esters is 5. The predicted molar refractivity (Wildman–Crippen MR) is 265 cm³/mol. The largest absolute Gasteiger partial charge is 0.496 e. The number of ether oxygens (including phenoxy) is 8. The summed E-state index contributed by atoms with van der Waals surface area (Å²) in [5.41, 5.74) is 0.680. The van der Waals surface area contributed by atoms with Gasteiger partial charge in [0.05, 0.1) is 12.9 Å². The van der Waals surface area contributed by atoms with Crippen molar-refractivity contribution in [2.45, 2.75) is 53.3 Å². The first-order chi connectivity index (χ1) is 35.1. The van der Waals surface area contributed by atoms with E-state index in [4.69, 9.17) is 33.2 Å². The van der Waals surface area contributed by atoms with Crippen LogP contribution in [0.15, 0.2) is 152 Å². The molecule has 4 aromatic rings. The highest BCUT2D eigenvalue weighted by atomic mass is 19.4. The maximum atomic E-state index is 13.9. The van der Waals surface area contributed by atoms with Gasteiger partial charge < -0.3 is 37.9 Å². The molecule has 0 saturated carbocycles. The number of carbonyl (C=O) groups is 5. The highest BCUT2D eigenvalue weighted by Gasteiger charge is 2.38. The van der Waals surface area contributed by atoms with Gasteiger partial charge in [-0.2, -0.15) is 13.2 Å². The predicted octanol–water partition coefficient (Wildman–Crippen LogP) is 11.0. The maximum absolute atomic E-state index is 13.9. The Kier molecular flexibility index (Phi) is 21.1. The first-order valence-corrected chi connectivity index (χ1v) is 21.9. The molecule has 0 aliphatic rings. The Labute approximate surface area is 424 Å². The fraction of sp³-hybridized carbons (Fsp3) is 0.175. The molecule has 382 valence electrons. The number of hydrogen-bond acceptors (Lipinski definition) is 13. The van der Waals surface area contributed by atoms with Crippen molar-refractivity contribution in [1.82, 2.24) is 0 Å². The van der Waals surface area contributed by atoms with E-state index in [-0.39, 0.29) is 81.4 Å². The average Bonchev–Trinajstić information content (AvgIpc) is 3.35. The van der Waals surface area contributed by atoms with Gasteiger partial charge in [0.15, 0.2) is 11.5 Å². The van der Waals surface area contributed by atoms with Crippen LogP contribution in [0.25, 0.3) is 6.08 Å². The molecule has 0 unspecified atom stereocenters. The average molecular weight is 1020 g/mol. The number of hydrogen-bond donors (Lipinski definition) is 0. The molecule has 74 heavy (non-hydrogen) atoms. The van der Waals surface area contributed by atoms with Crippen molar-refractivity contribution < 1.29 is 79.4 Å². The first kappa shape index (κ1) is 57.2. The van der Waals surface area contributed by atoms with Crippen LogP contribution >= 0.6 is 0 Å². The van der Waals surface area contributed by atoms with Gasteiger partial charge in [0.25, 0.3) is 0 Å². The highest BCUT2D eigenvalue weighted by molar-refractivity contribution is 5.92. The quantitative estimate of drug-likeness (QED) is 0.0148. The SMILES string of the molecule is C=C(C)C(=O)O/C=C/Oc1ccc(CO/C=C/c2ccc(C#Cc3cc(OC(=O)C(=C)C)c(C#Cc4ccc(OCOC(=O)C(=C)C(F)(F)F)cc4)c(OC(=O)C(=C)C)c3CCCF)cc2OC(=O)C(=C)C)cc1. The van der Waals surface area contributed by atoms with Crippen LogP contribution in [-0.2, 0) is 51.2 Å². The van der Waals surface area contributed by atoms with Crippen LogP contribution in [0.4, 0.5) is 17.6 Å². The van der Waals surface area contributed by atoms with Crippen molar-refractivity contribution in [3.05, 3.63) is 191 Å². The molecule has 0 heterocycles. The van der Waals surface area contributed by atoms with Gasteiger partial charge in [0, 0.05) is 50.1 Å². The van der Waals surface area contributed by atoms with Crippen LogP contribution in [0.3, 0.4) is 0 Å². The summed E-state index contributed by atoms with van der Waals surface area (Å²) in [6.45, 7) is 21.4. The molecule has 0 aliphatic carbocycles. The zero-order chi connectivity index (χ0) is 54.5.